The van der Waals surface area contributed by atoms with Crippen LogP contribution in [0.3, 0.4) is 0 Å². The summed E-state index contributed by atoms with van der Waals surface area (Å²) in [5.41, 5.74) is 0.554. The minimum atomic E-state index is -0.250. The number of hydrogen-bond acceptors (Lipinski definition) is 4. The van der Waals surface area contributed by atoms with E-state index in [0.29, 0.717) is 24.2 Å². The number of rotatable bonds is 1. The second-order valence-corrected chi connectivity index (χ2v) is 5.02. The Bertz CT molecular complexity index is 429. The lowest BCUT2D eigenvalue weighted by Gasteiger charge is -2.37. The van der Waals surface area contributed by atoms with Gasteiger partial charge < -0.3 is 14.5 Å². The van der Waals surface area contributed by atoms with Crippen LogP contribution in [0.1, 0.15) is 41.8 Å². The van der Waals surface area contributed by atoms with E-state index < -0.39 is 0 Å². The molecule has 2 aliphatic heterocycles. The zero-order valence-corrected chi connectivity index (χ0v) is 9.80. The molecule has 1 N–H and O–H groups in total. The SMILES string of the molecule is Cc1oncc1C(=O)N1C2CCC1CC(O)C2. The molecule has 5 heteroatoms. The third kappa shape index (κ3) is 1.65. The van der Waals surface area contributed by atoms with Gasteiger partial charge in [-0.15, -0.1) is 0 Å². The molecule has 17 heavy (non-hydrogen) atoms. The molecule has 0 saturated carbocycles. The summed E-state index contributed by atoms with van der Waals surface area (Å²) in [4.78, 5) is 14.3. The van der Waals surface area contributed by atoms with Crippen molar-refractivity contribution in [1.29, 1.82) is 0 Å². The zero-order chi connectivity index (χ0) is 12.0. The smallest absolute Gasteiger partial charge is 0.259 e. The number of amides is 1. The molecule has 5 nitrogen and oxygen atoms in total. The number of fused-ring (bicyclic) bond motifs is 2. The number of aromatic nitrogens is 1. The molecule has 2 aliphatic rings. The number of aryl methyl sites for hydroxylation is 1. The van der Waals surface area contributed by atoms with Gasteiger partial charge in [-0.05, 0) is 32.6 Å². The molecule has 2 unspecified atom stereocenters. The summed E-state index contributed by atoms with van der Waals surface area (Å²) >= 11 is 0. The molecular weight excluding hydrogens is 220 g/mol. The lowest BCUT2D eigenvalue weighted by atomic mass is 9.99. The van der Waals surface area contributed by atoms with Crippen LogP contribution in [-0.4, -0.2) is 39.3 Å². The molecule has 3 heterocycles. The quantitative estimate of drug-likeness (QED) is 0.793. The number of carbonyl (C=O) groups excluding carboxylic acids is 1. The summed E-state index contributed by atoms with van der Waals surface area (Å²) in [5, 5.41) is 13.4. The minimum Gasteiger partial charge on any atom is -0.393 e. The Morgan fingerprint density at radius 2 is 2.12 bits per heavy atom. The Labute approximate surface area is 99.4 Å². The van der Waals surface area contributed by atoms with Gasteiger partial charge >= 0.3 is 0 Å². The molecule has 2 atom stereocenters. The van der Waals surface area contributed by atoms with Crippen LogP contribution >= 0.6 is 0 Å². The molecule has 1 aromatic heterocycles. The van der Waals surface area contributed by atoms with Gasteiger partial charge in [0.25, 0.3) is 5.91 Å². The molecule has 2 fully saturated rings. The van der Waals surface area contributed by atoms with Crippen molar-refractivity contribution in [1.82, 2.24) is 10.1 Å². The van der Waals surface area contributed by atoms with Gasteiger partial charge in [0.05, 0.1) is 12.3 Å². The molecule has 0 aliphatic carbocycles. The highest BCUT2D eigenvalue weighted by molar-refractivity contribution is 5.95. The minimum absolute atomic E-state index is 0.00292. The van der Waals surface area contributed by atoms with Crippen LogP contribution in [0.2, 0.25) is 0 Å². The van der Waals surface area contributed by atoms with Gasteiger partial charge in [0.2, 0.25) is 0 Å². The number of aliphatic hydroxyl groups is 1. The standard InChI is InChI=1S/C12H16N2O3/c1-7-11(6-13-17-7)12(16)14-8-2-3-9(14)5-10(15)4-8/h6,8-10,15H,2-5H2,1H3. The van der Waals surface area contributed by atoms with Gasteiger partial charge in [-0.2, -0.15) is 0 Å². The second kappa shape index (κ2) is 3.84. The molecule has 3 rings (SSSR count). The van der Waals surface area contributed by atoms with E-state index in [2.05, 4.69) is 5.16 Å². The predicted molar refractivity (Wildman–Crippen MR) is 59.5 cm³/mol. The van der Waals surface area contributed by atoms with Crippen molar-refractivity contribution < 1.29 is 14.4 Å². The molecule has 1 aromatic rings. The van der Waals surface area contributed by atoms with E-state index in [0.717, 1.165) is 12.8 Å². The first kappa shape index (κ1) is 10.8. The van der Waals surface area contributed by atoms with Gasteiger partial charge in [0, 0.05) is 12.1 Å². The largest absolute Gasteiger partial charge is 0.393 e. The van der Waals surface area contributed by atoms with E-state index in [1.807, 2.05) is 4.90 Å². The molecule has 2 saturated heterocycles. The second-order valence-electron chi connectivity index (χ2n) is 5.02. The van der Waals surface area contributed by atoms with Crippen molar-refractivity contribution >= 4 is 5.91 Å². The average Bonchev–Trinajstić information content (AvgIpc) is 2.81. The summed E-state index contributed by atoms with van der Waals surface area (Å²) in [5.74, 6) is 0.573. The predicted octanol–water partition coefficient (Wildman–Crippen LogP) is 1.11. The number of aliphatic hydroxyl groups excluding tert-OH is 1. The number of nitrogens with zero attached hydrogens (tertiary/aromatic N) is 2. The Morgan fingerprint density at radius 3 is 2.65 bits per heavy atom. The fourth-order valence-electron chi connectivity index (χ4n) is 3.12. The highest BCUT2D eigenvalue weighted by atomic mass is 16.5. The first-order chi connectivity index (χ1) is 8.16. The summed E-state index contributed by atoms with van der Waals surface area (Å²) in [7, 11) is 0. The van der Waals surface area contributed by atoms with Crippen molar-refractivity contribution in [2.75, 3.05) is 0 Å². The van der Waals surface area contributed by atoms with Crippen LogP contribution in [0.15, 0.2) is 10.7 Å². The maximum absolute atomic E-state index is 12.4. The fourth-order valence-corrected chi connectivity index (χ4v) is 3.12. The van der Waals surface area contributed by atoms with Crippen molar-refractivity contribution in [2.24, 2.45) is 0 Å². The van der Waals surface area contributed by atoms with Crippen LogP contribution < -0.4 is 0 Å². The number of hydrogen-bond donors (Lipinski definition) is 1. The molecule has 92 valence electrons. The van der Waals surface area contributed by atoms with Crippen LogP contribution in [0.4, 0.5) is 0 Å². The Hall–Kier alpha value is -1.36. The summed E-state index contributed by atoms with van der Waals surface area (Å²) < 4.78 is 4.94. The van der Waals surface area contributed by atoms with Crippen molar-refractivity contribution in [2.45, 2.75) is 50.8 Å². The lowest BCUT2D eigenvalue weighted by molar-refractivity contribution is 0.0286. The van der Waals surface area contributed by atoms with E-state index >= 15 is 0 Å². The third-order valence-corrected chi connectivity index (χ3v) is 3.92. The highest BCUT2D eigenvalue weighted by Crippen LogP contribution is 2.36. The molecule has 2 bridgehead atoms. The average molecular weight is 236 g/mol. The van der Waals surface area contributed by atoms with Crippen molar-refractivity contribution in [3.05, 3.63) is 17.5 Å². The van der Waals surface area contributed by atoms with Gasteiger partial charge in [0.15, 0.2) is 0 Å². The van der Waals surface area contributed by atoms with Gasteiger partial charge in [-0.1, -0.05) is 5.16 Å². The van der Waals surface area contributed by atoms with Crippen LogP contribution in [0.5, 0.6) is 0 Å². The van der Waals surface area contributed by atoms with Crippen molar-refractivity contribution in [3.8, 4) is 0 Å². The molecular formula is C12H16N2O3. The van der Waals surface area contributed by atoms with E-state index in [1.54, 1.807) is 6.92 Å². The number of piperidine rings is 1. The molecule has 0 spiro atoms. The van der Waals surface area contributed by atoms with E-state index in [1.165, 1.54) is 6.20 Å². The summed E-state index contributed by atoms with van der Waals surface area (Å²) in [6.45, 7) is 1.75. The van der Waals surface area contributed by atoms with Gasteiger partial charge in [0.1, 0.15) is 11.3 Å². The van der Waals surface area contributed by atoms with Crippen molar-refractivity contribution in [3.63, 3.8) is 0 Å². The first-order valence-corrected chi connectivity index (χ1v) is 6.09. The zero-order valence-electron chi connectivity index (χ0n) is 9.80. The fraction of sp³-hybridized carbons (Fsp3) is 0.667. The number of carbonyl (C=O) groups is 1. The Balaban J connectivity index is 1.86. The maximum atomic E-state index is 12.4. The molecule has 0 radical (unpaired) electrons. The molecule has 0 aromatic carbocycles. The van der Waals surface area contributed by atoms with Crippen LogP contribution in [0.25, 0.3) is 0 Å². The monoisotopic (exact) mass is 236 g/mol. The van der Waals surface area contributed by atoms with E-state index in [4.69, 9.17) is 4.52 Å². The van der Waals surface area contributed by atoms with Gasteiger partial charge in [-0.25, -0.2) is 0 Å². The van der Waals surface area contributed by atoms with E-state index in [9.17, 15) is 9.90 Å². The maximum Gasteiger partial charge on any atom is 0.259 e. The Morgan fingerprint density at radius 1 is 1.47 bits per heavy atom. The topological polar surface area (TPSA) is 66.6 Å². The highest BCUT2D eigenvalue weighted by Gasteiger charge is 2.43. The Kier molecular flexibility index (Phi) is 2.43. The lowest BCUT2D eigenvalue weighted by Crippen LogP contribution is -2.48. The molecule has 1 amide bonds. The van der Waals surface area contributed by atoms with E-state index in [-0.39, 0.29) is 24.1 Å². The summed E-state index contributed by atoms with van der Waals surface area (Å²) in [6.07, 6.45) is 4.64. The first-order valence-electron chi connectivity index (χ1n) is 6.09. The van der Waals surface area contributed by atoms with Crippen LogP contribution in [0, 0.1) is 6.92 Å². The normalized spacial score (nSPS) is 31.9. The summed E-state index contributed by atoms with van der Waals surface area (Å²) in [6, 6.07) is 0.371. The van der Waals surface area contributed by atoms with Gasteiger partial charge in [-0.3, -0.25) is 4.79 Å². The third-order valence-electron chi connectivity index (χ3n) is 3.92. The van der Waals surface area contributed by atoms with Crippen LogP contribution in [-0.2, 0) is 0 Å².